The van der Waals surface area contributed by atoms with Crippen LogP contribution < -0.4 is 0 Å². The Kier molecular flexibility index (Phi) is 3.19. The zero-order valence-corrected chi connectivity index (χ0v) is 7.25. The molecule has 0 fully saturated rings. The van der Waals surface area contributed by atoms with Gasteiger partial charge in [-0.3, -0.25) is 10.1 Å². The van der Waals surface area contributed by atoms with E-state index in [-0.39, 0.29) is 18.0 Å². The van der Waals surface area contributed by atoms with Gasteiger partial charge >= 0.3 is 0 Å². The number of nitro benzene ring substituents is 1. The lowest BCUT2D eigenvalue weighted by atomic mass is 10.1. The summed E-state index contributed by atoms with van der Waals surface area (Å²) < 4.78 is 0. The van der Waals surface area contributed by atoms with Gasteiger partial charge in [0, 0.05) is 17.7 Å². The van der Waals surface area contributed by atoms with Gasteiger partial charge in [0.2, 0.25) is 0 Å². The molecule has 0 aromatic heterocycles. The van der Waals surface area contributed by atoms with Crippen LogP contribution in [-0.4, -0.2) is 21.7 Å². The first-order valence-corrected chi connectivity index (χ1v) is 3.90. The van der Waals surface area contributed by atoms with Crippen molar-refractivity contribution >= 4 is 11.8 Å². The fourth-order valence-electron chi connectivity index (χ4n) is 0.969. The predicted molar refractivity (Wildman–Crippen MR) is 50.9 cm³/mol. The first kappa shape index (κ1) is 10.2. The highest BCUT2D eigenvalue weighted by atomic mass is 16.6. The molecule has 0 unspecified atom stereocenters. The van der Waals surface area contributed by atoms with E-state index in [9.17, 15) is 15.2 Å². The van der Waals surface area contributed by atoms with E-state index in [1.54, 1.807) is 0 Å². The Hall–Kier alpha value is -1.88. The van der Waals surface area contributed by atoms with Crippen molar-refractivity contribution in [2.45, 2.75) is 0 Å². The lowest BCUT2D eigenvalue weighted by molar-refractivity contribution is -0.384. The molecule has 1 aromatic carbocycles. The van der Waals surface area contributed by atoms with E-state index >= 15 is 0 Å². The lowest BCUT2D eigenvalue weighted by Crippen LogP contribution is -1.88. The molecule has 0 atom stereocenters. The second-order valence-corrected chi connectivity index (χ2v) is 2.59. The standard InChI is InChI=1S/C9H9NO4/c11-5-1-2-7-6-8(10(13)14)3-4-9(7)12/h1-4,6,11-12H,5H2. The summed E-state index contributed by atoms with van der Waals surface area (Å²) in [6.45, 7) is -0.178. The van der Waals surface area contributed by atoms with Crippen molar-refractivity contribution < 1.29 is 15.1 Å². The van der Waals surface area contributed by atoms with Gasteiger partial charge in [-0.25, -0.2) is 0 Å². The highest BCUT2D eigenvalue weighted by Gasteiger charge is 2.07. The smallest absolute Gasteiger partial charge is 0.270 e. The molecule has 0 aliphatic rings. The first-order valence-electron chi connectivity index (χ1n) is 3.90. The summed E-state index contributed by atoms with van der Waals surface area (Å²) in [6.07, 6.45) is 2.81. The number of aliphatic hydroxyl groups excluding tert-OH is 1. The minimum atomic E-state index is -0.546. The molecule has 5 heteroatoms. The van der Waals surface area contributed by atoms with E-state index in [0.717, 1.165) is 0 Å². The van der Waals surface area contributed by atoms with E-state index in [4.69, 9.17) is 5.11 Å². The predicted octanol–water partition coefficient (Wildman–Crippen LogP) is 1.31. The van der Waals surface area contributed by atoms with Crippen molar-refractivity contribution in [3.63, 3.8) is 0 Å². The number of phenols is 1. The number of aliphatic hydroxyl groups is 1. The van der Waals surface area contributed by atoms with Crippen molar-refractivity contribution in [2.24, 2.45) is 0 Å². The highest BCUT2D eigenvalue weighted by molar-refractivity contribution is 5.60. The van der Waals surface area contributed by atoms with Crippen molar-refractivity contribution in [3.05, 3.63) is 40.0 Å². The van der Waals surface area contributed by atoms with E-state index in [2.05, 4.69) is 0 Å². The van der Waals surface area contributed by atoms with Crippen molar-refractivity contribution in [2.75, 3.05) is 6.61 Å². The molecule has 0 bridgehead atoms. The topological polar surface area (TPSA) is 83.6 Å². The van der Waals surface area contributed by atoms with Gasteiger partial charge < -0.3 is 10.2 Å². The lowest BCUT2D eigenvalue weighted by Gasteiger charge is -1.98. The van der Waals surface area contributed by atoms with E-state index < -0.39 is 4.92 Å². The highest BCUT2D eigenvalue weighted by Crippen LogP contribution is 2.23. The van der Waals surface area contributed by atoms with E-state index in [1.165, 1.54) is 30.4 Å². The molecule has 1 rings (SSSR count). The summed E-state index contributed by atoms with van der Waals surface area (Å²) in [6, 6.07) is 3.70. The number of benzene rings is 1. The van der Waals surface area contributed by atoms with Crippen LogP contribution in [0.1, 0.15) is 5.56 Å². The number of nitro groups is 1. The summed E-state index contributed by atoms with van der Waals surface area (Å²) in [4.78, 5) is 9.84. The van der Waals surface area contributed by atoms with Crippen LogP contribution in [-0.2, 0) is 0 Å². The van der Waals surface area contributed by atoms with Crippen LogP contribution in [0, 0.1) is 10.1 Å². The van der Waals surface area contributed by atoms with Crippen LogP contribution in [0.5, 0.6) is 5.75 Å². The van der Waals surface area contributed by atoms with Crippen LogP contribution in [0.2, 0.25) is 0 Å². The SMILES string of the molecule is O=[N+]([O-])c1ccc(O)c(C=CCO)c1. The third-order valence-corrected chi connectivity index (χ3v) is 1.62. The third-order valence-electron chi connectivity index (χ3n) is 1.62. The van der Waals surface area contributed by atoms with E-state index in [1.807, 2.05) is 0 Å². The number of rotatable bonds is 3. The Balaban J connectivity index is 3.08. The molecule has 0 saturated carbocycles. The summed E-state index contributed by atoms with van der Waals surface area (Å²) in [5, 5.41) is 28.2. The minimum Gasteiger partial charge on any atom is -0.507 e. The van der Waals surface area contributed by atoms with Gasteiger partial charge in [-0.1, -0.05) is 12.2 Å². The van der Waals surface area contributed by atoms with Gasteiger partial charge in [-0.05, 0) is 6.07 Å². The molecule has 74 valence electrons. The van der Waals surface area contributed by atoms with Crippen molar-refractivity contribution in [3.8, 4) is 5.75 Å². The molecule has 1 aromatic rings. The van der Waals surface area contributed by atoms with Crippen molar-refractivity contribution in [1.82, 2.24) is 0 Å². The molecule has 0 aliphatic carbocycles. The van der Waals surface area contributed by atoms with Crippen LogP contribution in [0.3, 0.4) is 0 Å². The van der Waals surface area contributed by atoms with Gasteiger partial charge in [0.05, 0.1) is 11.5 Å². The summed E-state index contributed by atoms with van der Waals surface area (Å²) >= 11 is 0. The molecule has 0 amide bonds. The molecule has 0 saturated heterocycles. The van der Waals surface area contributed by atoms with Crippen LogP contribution in [0.15, 0.2) is 24.3 Å². The largest absolute Gasteiger partial charge is 0.507 e. The van der Waals surface area contributed by atoms with Gasteiger partial charge in [-0.2, -0.15) is 0 Å². The maximum Gasteiger partial charge on any atom is 0.270 e. The third kappa shape index (κ3) is 2.30. The zero-order chi connectivity index (χ0) is 10.6. The maximum absolute atomic E-state index is 10.4. The molecule has 0 spiro atoms. The average Bonchev–Trinajstić information content (AvgIpc) is 2.16. The summed E-state index contributed by atoms with van der Waals surface area (Å²) in [5.41, 5.74) is 0.216. The van der Waals surface area contributed by atoms with Crippen LogP contribution in [0.4, 0.5) is 5.69 Å². The molecular weight excluding hydrogens is 186 g/mol. The fraction of sp³-hybridized carbons (Fsp3) is 0.111. The summed E-state index contributed by atoms with van der Waals surface area (Å²) in [7, 11) is 0. The number of non-ortho nitro benzene ring substituents is 1. The minimum absolute atomic E-state index is 0.0553. The molecule has 0 radical (unpaired) electrons. The Morgan fingerprint density at radius 1 is 1.50 bits per heavy atom. The zero-order valence-electron chi connectivity index (χ0n) is 7.25. The molecule has 2 N–H and O–H groups in total. The molecule has 0 heterocycles. The van der Waals surface area contributed by atoms with Gasteiger partial charge in [0.15, 0.2) is 0 Å². The molecule has 14 heavy (non-hydrogen) atoms. The average molecular weight is 195 g/mol. The molecule has 5 nitrogen and oxygen atoms in total. The normalized spacial score (nSPS) is 10.6. The first-order chi connectivity index (χ1) is 6.65. The second-order valence-electron chi connectivity index (χ2n) is 2.59. The quantitative estimate of drug-likeness (QED) is 0.562. The van der Waals surface area contributed by atoms with Gasteiger partial charge in [0.25, 0.3) is 5.69 Å². The number of phenolic OH excluding ortho intramolecular Hbond substituents is 1. The molecule has 0 aliphatic heterocycles. The number of nitrogens with zero attached hydrogens (tertiary/aromatic N) is 1. The number of hydrogen-bond acceptors (Lipinski definition) is 4. The molecular formula is C9H9NO4. The monoisotopic (exact) mass is 195 g/mol. The van der Waals surface area contributed by atoms with Crippen LogP contribution in [0.25, 0.3) is 6.08 Å². The Morgan fingerprint density at radius 3 is 2.79 bits per heavy atom. The van der Waals surface area contributed by atoms with Gasteiger partial charge in [0.1, 0.15) is 5.75 Å². The number of hydrogen-bond donors (Lipinski definition) is 2. The fourth-order valence-corrected chi connectivity index (χ4v) is 0.969. The second kappa shape index (κ2) is 4.38. The van der Waals surface area contributed by atoms with Crippen LogP contribution >= 0.6 is 0 Å². The Morgan fingerprint density at radius 2 is 2.21 bits per heavy atom. The van der Waals surface area contributed by atoms with Crippen molar-refractivity contribution in [1.29, 1.82) is 0 Å². The maximum atomic E-state index is 10.4. The Labute approximate surface area is 80.1 Å². The number of aromatic hydroxyl groups is 1. The van der Waals surface area contributed by atoms with E-state index in [0.29, 0.717) is 5.56 Å². The summed E-state index contributed by atoms with van der Waals surface area (Å²) in [5.74, 6) is -0.0553. The Bertz CT molecular complexity index is 373. The van der Waals surface area contributed by atoms with Gasteiger partial charge in [-0.15, -0.1) is 0 Å².